The van der Waals surface area contributed by atoms with Crippen LogP contribution >= 0.6 is 15.9 Å². The van der Waals surface area contributed by atoms with Gasteiger partial charge in [0.1, 0.15) is 5.75 Å². The summed E-state index contributed by atoms with van der Waals surface area (Å²) in [6.07, 6.45) is 0. The monoisotopic (exact) mass is 256 g/mol. The van der Waals surface area contributed by atoms with Crippen molar-refractivity contribution in [3.8, 4) is 5.75 Å². The second kappa shape index (κ2) is 3.53. The summed E-state index contributed by atoms with van der Waals surface area (Å²) in [6.45, 7) is 1.65. The van der Waals surface area contributed by atoms with Crippen LogP contribution in [0.2, 0.25) is 0 Å². The predicted molar refractivity (Wildman–Crippen MR) is 59.4 cm³/mol. The van der Waals surface area contributed by atoms with Gasteiger partial charge in [0.05, 0.1) is 12.6 Å². The van der Waals surface area contributed by atoms with E-state index < -0.39 is 0 Å². The second-order valence-corrected chi connectivity index (χ2v) is 4.56. The van der Waals surface area contributed by atoms with Crippen LogP contribution in [0.15, 0.2) is 22.7 Å². The van der Waals surface area contributed by atoms with Gasteiger partial charge >= 0.3 is 0 Å². The average Bonchev–Trinajstić information content (AvgIpc) is 2.13. The highest BCUT2D eigenvalue weighted by atomic mass is 79.9. The molecule has 14 heavy (non-hydrogen) atoms. The van der Waals surface area contributed by atoms with Crippen molar-refractivity contribution < 1.29 is 4.74 Å². The molecule has 0 unspecified atom stereocenters. The molecule has 1 aromatic rings. The smallest absolute Gasteiger partial charge is 0.120 e. The summed E-state index contributed by atoms with van der Waals surface area (Å²) < 4.78 is 6.20. The van der Waals surface area contributed by atoms with E-state index in [0.717, 1.165) is 28.9 Å². The van der Waals surface area contributed by atoms with Crippen LogP contribution in [-0.2, 0) is 5.54 Å². The zero-order valence-electron chi connectivity index (χ0n) is 8.01. The predicted octanol–water partition coefficient (Wildman–Crippen LogP) is 1.21. The van der Waals surface area contributed by atoms with Crippen LogP contribution < -0.4 is 15.8 Å². The highest BCUT2D eigenvalue weighted by Gasteiger charge is 2.34. The summed E-state index contributed by atoms with van der Waals surface area (Å²) in [6, 6.07) is 5.97. The van der Waals surface area contributed by atoms with E-state index in [1.807, 2.05) is 18.2 Å². The van der Waals surface area contributed by atoms with Crippen molar-refractivity contribution >= 4 is 15.9 Å². The minimum absolute atomic E-state index is 0.225. The average molecular weight is 257 g/mol. The molecule has 4 heteroatoms. The molecular formula is C10H13BrN2O. The first-order valence-corrected chi connectivity index (χ1v) is 5.28. The van der Waals surface area contributed by atoms with Gasteiger partial charge in [0.25, 0.3) is 0 Å². The van der Waals surface area contributed by atoms with Gasteiger partial charge in [-0.2, -0.15) is 0 Å². The van der Waals surface area contributed by atoms with Crippen molar-refractivity contribution in [3.63, 3.8) is 0 Å². The summed E-state index contributed by atoms with van der Waals surface area (Å²) in [5, 5.41) is 3.18. The third-order valence-electron chi connectivity index (χ3n) is 2.56. The van der Waals surface area contributed by atoms with Crippen LogP contribution in [0, 0.1) is 0 Å². The van der Waals surface area contributed by atoms with Crippen molar-refractivity contribution in [2.75, 3.05) is 20.2 Å². The van der Waals surface area contributed by atoms with Gasteiger partial charge in [-0.1, -0.05) is 15.9 Å². The Morgan fingerprint density at radius 2 is 2.14 bits per heavy atom. The van der Waals surface area contributed by atoms with E-state index >= 15 is 0 Å². The van der Waals surface area contributed by atoms with Crippen molar-refractivity contribution in [2.24, 2.45) is 5.73 Å². The molecule has 1 heterocycles. The van der Waals surface area contributed by atoms with Crippen molar-refractivity contribution in [2.45, 2.75) is 5.54 Å². The molecule has 2 rings (SSSR count). The molecule has 0 aromatic heterocycles. The second-order valence-electron chi connectivity index (χ2n) is 3.64. The Hall–Kier alpha value is -0.580. The quantitative estimate of drug-likeness (QED) is 0.837. The molecule has 1 saturated heterocycles. The summed E-state index contributed by atoms with van der Waals surface area (Å²) in [7, 11) is 1.66. The largest absolute Gasteiger partial charge is 0.497 e. The van der Waals surface area contributed by atoms with Gasteiger partial charge in [-0.05, 0) is 23.8 Å². The fraction of sp³-hybridized carbons (Fsp3) is 0.400. The van der Waals surface area contributed by atoms with Gasteiger partial charge in [-0.15, -0.1) is 0 Å². The van der Waals surface area contributed by atoms with Crippen LogP contribution in [0.5, 0.6) is 5.75 Å². The molecular weight excluding hydrogens is 244 g/mol. The molecule has 1 aliphatic heterocycles. The van der Waals surface area contributed by atoms with E-state index in [0.29, 0.717) is 0 Å². The molecule has 0 bridgehead atoms. The van der Waals surface area contributed by atoms with E-state index in [2.05, 4.69) is 21.2 Å². The zero-order valence-corrected chi connectivity index (χ0v) is 9.60. The van der Waals surface area contributed by atoms with Crippen molar-refractivity contribution in [3.05, 3.63) is 28.2 Å². The maximum absolute atomic E-state index is 6.18. The van der Waals surface area contributed by atoms with Gasteiger partial charge in [-0.3, -0.25) is 0 Å². The maximum Gasteiger partial charge on any atom is 0.120 e. The molecule has 0 aliphatic carbocycles. The minimum Gasteiger partial charge on any atom is -0.497 e. The maximum atomic E-state index is 6.18. The molecule has 0 atom stereocenters. The molecule has 3 N–H and O–H groups in total. The SMILES string of the molecule is COc1cc(Br)cc(C2(N)CNC2)c1. The van der Waals surface area contributed by atoms with Crippen LogP contribution in [-0.4, -0.2) is 20.2 Å². The Morgan fingerprint density at radius 1 is 1.43 bits per heavy atom. The summed E-state index contributed by atoms with van der Waals surface area (Å²) >= 11 is 3.44. The lowest BCUT2D eigenvalue weighted by molar-refractivity contribution is 0.285. The molecule has 0 radical (unpaired) electrons. The number of nitrogens with two attached hydrogens (primary N) is 1. The lowest BCUT2D eigenvalue weighted by Gasteiger charge is -2.39. The first-order valence-electron chi connectivity index (χ1n) is 4.49. The molecule has 1 fully saturated rings. The number of hydrogen-bond donors (Lipinski definition) is 2. The van der Waals surface area contributed by atoms with Gasteiger partial charge in [-0.25, -0.2) is 0 Å². The highest BCUT2D eigenvalue weighted by Crippen LogP contribution is 2.29. The standard InChI is InChI=1S/C10H13BrN2O/c1-14-9-3-7(2-8(11)4-9)10(12)5-13-6-10/h2-4,13H,5-6,12H2,1H3. The summed E-state index contributed by atoms with van der Waals surface area (Å²) in [5.74, 6) is 0.839. The molecule has 1 aromatic carbocycles. The Morgan fingerprint density at radius 3 is 2.64 bits per heavy atom. The Bertz CT molecular complexity index is 350. The van der Waals surface area contributed by atoms with Gasteiger partial charge in [0, 0.05) is 17.6 Å². The fourth-order valence-corrected chi connectivity index (χ4v) is 2.04. The number of nitrogens with one attached hydrogen (secondary N) is 1. The van der Waals surface area contributed by atoms with Gasteiger partial charge in [0.2, 0.25) is 0 Å². The number of hydrogen-bond acceptors (Lipinski definition) is 3. The first-order chi connectivity index (χ1) is 6.64. The number of methoxy groups -OCH3 is 1. The third-order valence-corrected chi connectivity index (χ3v) is 3.02. The summed E-state index contributed by atoms with van der Waals surface area (Å²) in [5.41, 5.74) is 7.07. The normalized spacial score (nSPS) is 18.8. The van der Waals surface area contributed by atoms with E-state index in [1.54, 1.807) is 7.11 Å². The van der Waals surface area contributed by atoms with Crippen LogP contribution in [0.3, 0.4) is 0 Å². The number of ether oxygens (including phenoxy) is 1. The Balaban J connectivity index is 2.37. The molecule has 0 spiro atoms. The number of benzene rings is 1. The molecule has 0 saturated carbocycles. The van der Waals surface area contributed by atoms with E-state index in [1.165, 1.54) is 0 Å². The summed E-state index contributed by atoms with van der Waals surface area (Å²) in [4.78, 5) is 0. The van der Waals surface area contributed by atoms with Gasteiger partial charge in [0.15, 0.2) is 0 Å². The first kappa shape index (κ1) is 9.96. The van der Waals surface area contributed by atoms with Crippen LogP contribution in [0.1, 0.15) is 5.56 Å². The van der Waals surface area contributed by atoms with E-state index in [4.69, 9.17) is 10.5 Å². The molecule has 76 valence electrons. The minimum atomic E-state index is -0.225. The number of rotatable bonds is 2. The third kappa shape index (κ3) is 1.65. The van der Waals surface area contributed by atoms with Crippen LogP contribution in [0.25, 0.3) is 0 Å². The van der Waals surface area contributed by atoms with Crippen LogP contribution in [0.4, 0.5) is 0 Å². The van der Waals surface area contributed by atoms with Gasteiger partial charge < -0.3 is 15.8 Å². The molecule has 0 amide bonds. The lowest BCUT2D eigenvalue weighted by atomic mass is 9.85. The molecule has 1 aliphatic rings. The Kier molecular flexibility index (Phi) is 2.51. The molecule has 3 nitrogen and oxygen atoms in total. The zero-order chi connectivity index (χ0) is 10.2. The van der Waals surface area contributed by atoms with Crippen molar-refractivity contribution in [1.29, 1.82) is 0 Å². The fourth-order valence-electron chi connectivity index (χ4n) is 1.57. The Labute approximate surface area is 91.8 Å². The number of halogens is 1. The van der Waals surface area contributed by atoms with Crippen molar-refractivity contribution in [1.82, 2.24) is 5.32 Å². The van der Waals surface area contributed by atoms with E-state index in [9.17, 15) is 0 Å². The van der Waals surface area contributed by atoms with E-state index in [-0.39, 0.29) is 5.54 Å². The lowest BCUT2D eigenvalue weighted by Crippen LogP contribution is -2.62. The topological polar surface area (TPSA) is 47.3 Å². The highest BCUT2D eigenvalue weighted by molar-refractivity contribution is 9.10.